The molecule has 0 amide bonds. The van der Waals surface area contributed by atoms with Gasteiger partial charge in [-0.05, 0) is 19.9 Å². The third-order valence-electron chi connectivity index (χ3n) is 3.07. The number of hydrogen-bond acceptors (Lipinski definition) is 5. The second-order valence-corrected chi connectivity index (χ2v) is 4.23. The third-order valence-corrected chi connectivity index (χ3v) is 3.07. The van der Waals surface area contributed by atoms with Crippen LogP contribution in [-0.4, -0.2) is 29.8 Å². The number of nitrogens with one attached hydrogen (secondary N) is 1. The number of nitrogens with zero attached hydrogens (tertiary/aromatic N) is 2. The van der Waals surface area contributed by atoms with Crippen LogP contribution in [0.25, 0.3) is 0 Å². The fourth-order valence-electron chi connectivity index (χ4n) is 1.81. The zero-order valence-electron chi connectivity index (χ0n) is 11.4. The van der Waals surface area contributed by atoms with Gasteiger partial charge in [0.15, 0.2) is 5.82 Å². The van der Waals surface area contributed by atoms with E-state index in [0.717, 1.165) is 13.0 Å². The quantitative estimate of drug-likeness (QED) is 0.793. The van der Waals surface area contributed by atoms with Crippen molar-refractivity contribution in [1.29, 1.82) is 0 Å². The van der Waals surface area contributed by atoms with Gasteiger partial charge in [0.1, 0.15) is 6.10 Å². The Morgan fingerprint density at radius 1 is 1.35 bits per heavy atom. The SMILES string of the molecule is CCNC(CC)C(C)c1nc(C(C)OC)no1. The molecule has 98 valence electrons. The Hall–Kier alpha value is -0.940. The first-order valence-corrected chi connectivity index (χ1v) is 6.23. The highest BCUT2D eigenvalue weighted by Crippen LogP contribution is 2.21. The molecule has 1 N–H and O–H groups in total. The van der Waals surface area contributed by atoms with Crippen molar-refractivity contribution in [3.05, 3.63) is 11.7 Å². The number of rotatable bonds is 7. The van der Waals surface area contributed by atoms with Gasteiger partial charge in [-0.25, -0.2) is 0 Å². The summed E-state index contributed by atoms with van der Waals surface area (Å²) in [6.45, 7) is 9.20. The maximum absolute atomic E-state index is 5.30. The number of aromatic nitrogens is 2. The molecule has 0 radical (unpaired) electrons. The Morgan fingerprint density at radius 3 is 2.59 bits per heavy atom. The Labute approximate surface area is 103 Å². The van der Waals surface area contributed by atoms with Gasteiger partial charge in [0.2, 0.25) is 5.89 Å². The van der Waals surface area contributed by atoms with Crippen LogP contribution in [0.3, 0.4) is 0 Å². The fraction of sp³-hybridized carbons (Fsp3) is 0.833. The predicted octanol–water partition coefficient (Wildman–Crippen LogP) is 2.27. The lowest BCUT2D eigenvalue weighted by Crippen LogP contribution is -2.33. The minimum atomic E-state index is -0.126. The van der Waals surface area contributed by atoms with Gasteiger partial charge in [0.05, 0.1) is 5.92 Å². The average Bonchev–Trinajstić information content (AvgIpc) is 2.83. The second-order valence-electron chi connectivity index (χ2n) is 4.23. The summed E-state index contributed by atoms with van der Waals surface area (Å²) in [5, 5.41) is 7.37. The van der Waals surface area contributed by atoms with Crippen LogP contribution in [0.4, 0.5) is 0 Å². The van der Waals surface area contributed by atoms with Gasteiger partial charge >= 0.3 is 0 Å². The molecule has 0 saturated heterocycles. The molecule has 0 bridgehead atoms. The number of likely N-dealkylation sites (N-methyl/N-ethyl adjacent to an activating group) is 1. The molecule has 0 aliphatic heterocycles. The zero-order chi connectivity index (χ0) is 12.8. The summed E-state index contributed by atoms with van der Waals surface area (Å²) in [5.74, 6) is 1.50. The van der Waals surface area contributed by atoms with Crippen LogP contribution in [0.5, 0.6) is 0 Å². The van der Waals surface area contributed by atoms with E-state index in [4.69, 9.17) is 9.26 Å². The maximum Gasteiger partial charge on any atom is 0.231 e. The Balaban J connectivity index is 2.74. The lowest BCUT2D eigenvalue weighted by molar-refractivity contribution is 0.109. The zero-order valence-corrected chi connectivity index (χ0v) is 11.4. The summed E-state index contributed by atoms with van der Waals surface area (Å²) < 4.78 is 10.5. The molecule has 1 heterocycles. The van der Waals surface area contributed by atoms with Crippen molar-refractivity contribution in [2.24, 2.45) is 0 Å². The minimum Gasteiger partial charge on any atom is -0.374 e. The van der Waals surface area contributed by atoms with Crippen molar-refractivity contribution in [3.63, 3.8) is 0 Å². The third kappa shape index (κ3) is 3.51. The Morgan fingerprint density at radius 2 is 2.06 bits per heavy atom. The van der Waals surface area contributed by atoms with Crippen molar-refractivity contribution in [2.45, 2.75) is 52.2 Å². The first-order chi connectivity index (χ1) is 8.13. The molecule has 1 rings (SSSR count). The van der Waals surface area contributed by atoms with Gasteiger partial charge < -0.3 is 14.6 Å². The number of methoxy groups -OCH3 is 1. The Kier molecular flexibility index (Phi) is 5.58. The molecule has 3 unspecified atom stereocenters. The van der Waals surface area contributed by atoms with E-state index in [1.54, 1.807) is 7.11 Å². The average molecular weight is 241 g/mol. The molecule has 0 spiro atoms. The van der Waals surface area contributed by atoms with Gasteiger partial charge in [0, 0.05) is 13.2 Å². The maximum atomic E-state index is 5.30. The van der Waals surface area contributed by atoms with Gasteiger partial charge in [-0.2, -0.15) is 4.98 Å². The van der Waals surface area contributed by atoms with E-state index in [2.05, 4.69) is 36.2 Å². The molecule has 0 aromatic carbocycles. The number of hydrogen-bond donors (Lipinski definition) is 1. The molecule has 0 aliphatic rings. The lowest BCUT2D eigenvalue weighted by Gasteiger charge is -2.20. The van der Waals surface area contributed by atoms with Crippen LogP contribution in [0.1, 0.15) is 57.9 Å². The molecule has 17 heavy (non-hydrogen) atoms. The molecule has 1 aromatic heterocycles. The topological polar surface area (TPSA) is 60.2 Å². The van der Waals surface area contributed by atoms with Gasteiger partial charge in [-0.1, -0.05) is 25.9 Å². The summed E-state index contributed by atoms with van der Waals surface area (Å²) >= 11 is 0. The molecule has 3 atom stereocenters. The van der Waals surface area contributed by atoms with E-state index in [9.17, 15) is 0 Å². The van der Waals surface area contributed by atoms with Crippen LogP contribution in [0.2, 0.25) is 0 Å². The van der Waals surface area contributed by atoms with Gasteiger partial charge in [-0.3, -0.25) is 0 Å². The largest absolute Gasteiger partial charge is 0.374 e. The fourth-order valence-corrected chi connectivity index (χ4v) is 1.81. The first kappa shape index (κ1) is 14.1. The lowest BCUT2D eigenvalue weighted by atomic mass is 9.99. The van der Waals surface area contributed by atoms with E-state index in [-0.39, 0.29) is 12.0 Å². The molecule has 0 fully saturated rings. The van der Waals surface area contributed by atoms with Crippen molar-refractivity contribution in [1.82, 2.24) is 15.5 Å². The van der Waals surface area contributed by atoms with Crippen molar-refractivity contribution >= 4 is 0 Å². The number of ether oxygens (including phenoxy) is 1. The smallest absolute Gasteiger partial charge is 0.231 e. The van der Waals surface area contributed by atoms with Crippen LogP contribution in [0.15, 0.2) is 4.52 Å². The normalized spacial score (nSPS) is 16.8. The van der Waals surface area contributed by atoms with Crippen molar-refractivity contribution in [2.75, 3.05) is 13.7 Å². The monoisotopic (exact) mass is 241 g/mol. The second kappa shape index (κ2) is 6.71. The summed E-state index contributed by atoms with van der Waals surface area (Å²) in [6, 6.07) is 0.367. The molecular formula is C12H23N3O2. The van der Waals surface area contributed by atoms with Crippen LogP contribution >= 0.6 is 0 Å². The highest BCUT2D eigenvalue weighted by atomic mass is 16.5. The minimum absolute atomic E-state index is 0.126. The molecule has 5 nitrogen and oxygen atoms in total. The standard InChI is InChI=1S/C12H23N3O2/c1-6-10(13-7-2)8(3)12-14-11(15-17-12)9(4)16-5/h8-10,13H,6-7H2,1-5H3. The predicted molar refractivity (Wildman–Crippen MR) is 65.9 cm³/mol. The van der Waals surface area contributed by atoms with Crippen molar-refractivity contribution in [3.8, 4) is 0 Å². The summed E-state index contributed by atoms with van der Waals surface area (Å²) in [7, 11) is 1.64. The van der Waals surface area contributed by atoms with Gasteiger partial charge in [-0.15, -0.1) is 0 Å². The van der Waals surface area contributed by atoms with Crippen LogP contribution in [0, 0.1) is 0 Å². The van der Waals surface area contributed by atoms with Crippen LogP contribution < -0.4 is 5.32 Å². The summed E-state index contributed by atoms with van der Waals surface area (Å²) in [4.78, 5) is 4.39. The Bertz CT molecular complexity index is 327. The molecule has 1 aromatic rings. The molecular weight excluding hydrogens is 218 g/mol. The molecule has 0 aliphatic carbocycles. The summed E-state index contributed by atoms with van der Waals surface area (Å²) in [6.07, 6.45) is 0.908. The van der Waals surface area contributed by atoms with E-state index in [0.29, 0.717) is 17.8 Å². The van der Waals surface area contributed by atoms with Gasteiger partial charge in [0.25, 0.3) is 0 Å². The summed E-state index contributed by atoms with van der Waals surface area (Å²) in [5.41, 5.74) is 0. The van der Waals surface area contributed by atoms with E-state index in [1.807, 2.05) is 6.92 Å². The first-order valence-electron chi connectivity index (χ1n) is 6.23. The highest BCUT2D eigenvalue weighted by molar-refractivity contribution is 4.98. The highest BCUT2D eigenvalue weighted by Gasteiger charge is 2.23. The van der Waals surface area contributed by atoms with E-state index < -0.39 is 0 Å². The van der Waals surface area contributed by atoms with Crippen LogP contribution in [-0.2, 0) is 4.74 Å². The van der Waals surface area contributed by atoms with E-state index >= 15 is 0 Å². The molecule has 0 saturated carbocycles. The van der Waals surface area contributed by atoms with E-state index in [1.165, 1.54) is 0 Å². The van der Waals surface area contributed by atoms with Crippen molar-refractivity contribution < 1.29 is 9.26 Å². The molecule has 5 heteroatoms.